The summed E-state index contributed by atoms with van der Waals surface area (Å²) in [5.41, 5.74) is 3.31. The van der Waals surface area contributed by atoms with Crippen LogP contribution in [0.3, 0.4) is 0 Å². The smallest absolute Gasteiger partial charge is 0.316 e. The highest BCUT2D eigenvalue weighted by Gasteiger charge is 2.34. The van der Waals surface area contributed by atoms with Crippen LogP contribution in [-0.2, 0) is 14.4 Å². The molecule has 1 aliphatic rings. The number of anilines is 2. The zero-order chi connectivity index (χ0) is 19.6. The number of benzene rings is 2. The maximum absolute atomic E-state index is 12.4. The van der Waals surface area contributed by atoms with Crippen LogP contribution < -0.4 is 10.2 Å². The van der Waals surface area contributed by atoms with Crippen molar-refractivity contribution in [1.82, 2.24) is 4.90 Å². The number of rotatable bonds is 4. The summed E-state index contributed by atoms with van der Waals surface area (Å²) in [5, 5.41) is 3.27. The quantitative estimate of drug-likeness (QED) is 0.823. The predicted octanol–water partition coefficient (Wildman–Crippen LogP) is 2.77. The van der Waals surface area contributed by atoms with Crippen molar-refractivity contribution in [3.05, 3.63) is 58.6 Å². The maximum Gasteiger partial charge on any atom is 0.316 e. The van der Waals surface area contributed by atoms with E-state index in [1.807, 2.05) is 32.0 Å². The van der Waals surface area contributed by atoms with Crippen LogP contribution in [0.25, 0.3) is 0 Å². The van der Waals surface area contributed by atoms with Crippen LogP contribution in [0.15, 0.2) is 42.5 Å². The molecule has 2 aromatic carbocycles. The fourth-order valence-corrected chi connectivity index (χ4v) is 3.32. The van der Waals surface area contributed by atoms with Gasteiger partial charge in [0.15, 0.2) is 0 Å². The van der Waals surface area contributed by atoms with Crippen molar-refractivity contribution in [2.24, 2.45) is 0 Å². The van der Waals surface area contributed by atoms with Crippen molar-refractivity contribution in [3.63, 3.8) is 0 Å². The van der Waals surface area contributed by atoms with Crippen molar-refractivity contribution in [1.29, 1.82) is 0 Å². The molecule has 1 aliphatic heterocycles. The number of nitrogens with one attached hydrogen (secondary N) is 1. The number of nitrogens with zero attached hydrogens (tertiary/aromatic N) is 2. The molecule has 7 heteroatoms. The Labute approximate surface area is 162 Å². The van der Waals surface area contributed by atoms with Gasteiger partial charge in [-0.15, -0.1) is 0 Å². The van der Waals surface area contributed by atoms with Gasteiger partial charge >= 0.3 is 11.8 Å². The van der Waals surface area contributed by atoms with Crippen molar-refractivity contribution < 1.29 is 14.4 Å². The fourth-order valence-electron chi connectivity index (χ4n) is 3.14. The molecule has 0 saturated carbocycles. The first-order chi connectivity index (χ1) is 12.8. The Morgan fingerprint density at radius 1 is 1.04 bits per heavy atom. The van der Waals surface area contributed by atoms with Crippen molar-refractivity contribution >= 4 is 40.7 Å². The van der Waals surface area contributed by atoms with E-state index in [1.54, 1.807) is 24.3 Å². The highest BCUT2D eigenvalue weighted by molar-refractivity contribution is 6.41. The lowest BCUT2D eigenvalue weighted by Gasteiger charge is -2.33. The molecule has 6 nitrogen and oxygen atoms in total. The Morgan fingerprint density at radius 2 is 1.74 bits per heavy atom. The highest BCUT2D eigenvalue weighted by atomic mass is 35.5. The topological polar surface area (TPSA) is 69.7 Å². The van der Waals surface area contributed by atoms with Gasteiger partial charge in [0.1, 0.15) is 6.54 Å². The molecule has 1 heterocycles. The Kier molecular flexibility index (Phi) is 5.46. The first-order valence-electron chi connectivity index (χ1n) is 8.58. The van der Waals surface area contributed by atoms with Crippen molar-refractivity contribution in [2.45, 2.75) is 13.8 Å². The number of halogens is 1. The van der Waals surface area contributed by atoms with Gasteiger partial charge in [-0.1, -0.05) is 23.7 Å². The van der Waals surface area contributed by atoms with E-state index in [4.69, 9.17) is 11.6 Å². The van der Waals surface area contributed by atoms with Gasteiger partial charge in [-0.05, 0) is 55.3 Å². The summed E-state index contributed by atoms with van der Waals surface area (Å²) < 4.78 is 0. The lowest BCUT2D eigenvalue weighted by Crippen LogP contribution is -2.56. The van der Waals surface area contributed by atoms with E-state index in [0.717, 1.165) is 11.1 Å². The largest absolute Gasteiger partial charge is 0.325 e. The van der Waals surface area contributed by atoms with Gasteiger partial charge < -0.3 is 15.1 Å². The van der Waals surface area contributed by atoms with Crippen LogP contribution in [0.2, 0.25) is 5.02 Å². The van der Waals surface area contributed by atoms with Gasteiger partial charge in [-0.3, -0.25) is 14.4 Å². The van der Waals surface area contributed by atoms with E-state index < -0.39 is 11.8 Å². The Morgan fingerprint density at radius 3 is 2.41 bits per heavy atom. The van der Waals surface area contributed by atoms with E-state index in [0.29, 0.717) is 22.9 Å². The Hall–Kier alpha value is -2.86. The summed E-state index contributed by atoms with van der Waals surface area (Å²) in [6.07, 6.45) is 0. The van der Waals surface area contributed by atoms with Gasteiger partial charge in [0.25, 0.3) is 0 Å². The molecule has 140 valence electrons. The molecule has 1 fully saturated rings. The fraction of sp³-hybridized carbons (Fsp3) is 0.250. The minimum atomic E-state index is -0.697. The Balaban J connectivity index is 1.64. The van der Waals surface area contributed by atoms with Crippen molar-refractivity contribution in [2.75, 3.05) is 29.9 Å². The highest BCUT2D eigenvalue weighted by Crippen LogP contribution is 2.22. The lowest BCUT2D eigenvalue weighted by atomic mass is 10.1. The number of carbonyl (C=O) groups excluding carboxylic acids is 3. The standard InChI is InChI=1S/C20H20ClN3O3/c1-13-8-14(2)10-16(9-13)22-18(25)12-23-6-7-24(20(27)19(23)26)17-5-3-4-15(21)11-17/h3-5,8-11H,6-7,12H2,1-2H3,(H,22,25). The average molecular weight is 386 g/mol. The van der Waals surface area contributed by atoms with Gasteiger partial charge in [-0.2, -0.15) is 0 Å². The molecule has 0 aromatic heterocycles. The normalized spacial score (nSPS) is 14.5. The van der Waals surface area contributed by atoms with E-state index in [1.165, 1.54) is 9.80 Å². The summed E-state index contributed by atoms with van der Waals surface area (Å²) in [6.45, 7) is 4.31. The summed E-state index contributed by atoms with van der Waals surface area (Å²) in [5.74, 6) is -1.70. The molecule has 0 radical (unpaired) electrons. The molecule has 0 bridgehead atoms. The van der Waals surface area contributed by atoms with E-state index in [9.17, 15) is 14.4 Å². The van der Waals surface area contributed by atoms with Crippen LogP contribution in [0.5, 0.6) is 0 Å². The maximum atomic E-state index is 12.4. The van der Waals surface area contributed by atoms with E-state index >= 15 is 0 Å². The molecular formula is C20H20ClN3O3. The molecule has 3 amide bonds. The minimum Gasteiger partial charge on any atom is -0.325 e. The van der Waals surface area contributed by atoms with Crippen molar-refractivity contribution in [3.8, 4) is 0 Å². The molecule has 1 saturated heterocycles. The number of hydrogen-bond acceptors (Lipinski definition) is 3. The van der Waals surface area contributed by atoms with E-state index in [-0.39, 0.29) is 19.0 Å². The summed E-state index contributed by atoms with van der Waals surface area (Å²) >= 11 is 5.96. The molecule has 0 unspecified atom stereocenters. The van der Waals surface area contributed by atoms with Gasteiger partial charge in [0.2, 0.25) is 5.91 Å². The summed E-state index contributed by atoms with van der Waals surface area (Å²) in [6, 6.07) is 12.5. The number of carbonyl (C=O) groups is 3. The van der Waals surface area contributed by atoms with Crippen LogP contribution in [-0.4, -0.2) is 42.3 Å². The third-order valence-corrected chi connectivity index (χ3v) is 4.50. The summed E-state index contributed by atoms with van der Waals surface area (Å²) in [7, 11) is 0. The number of aryl methyl sites for hydroxylation is 2. The number of piperazine rings is 1. The molecular weight excluding hydrogens is 366 g/mol. The zero-order valence-corrected chi connectivity index (χ0v) is 15.9. The molecule has 2 aromatic rings. The average Bonchev–Trinajstić information content (AvgIpc) is 2.58. The first-order valence-corrected chi connectivity index (χ1v) is 8.96. The summed E-state index contributed by atoms with van der Waals surface area (Å²) in [4.78, 5) is 39.8. The van der Waals surface area contributed by atoms with Gasteiger partial charge in [0.05, 0.1) is 0 Å². The molecule has 1 N–H and O–H groups in total. The molecule has 27 heavy (non-hydrogen) atoms. The second kappa shape index (κ2) is 7.80. The lowest BCUT2D eigenvalue weighted by molar-refractivity contribution is -0.147. The van der Waals surface area contributed by atoms with Crippen LogP contribution in [0, 0.1) is 13.8 Å². The second-order valence-corrected chi connectivity index (χ2v) is 7.02. The third-order valence-electron chi connectivity index (χ3n) is 4.27. The number of hydrogen-bond donors (Lipinski definition) is 1. The first kappa shape index (κ1) is 18.9. The third kappa shape index (κ3) is 4.46. The minimum absolute atomic E-state index is 0.166. The second-order valence-electron chi connectivity index (χ2n) is 6.59. The monoisotopic (exact) mass is 385 g/mol. The SMILES string of the molecule is Cc1cc(C)cc(NC(=O)CN2CCN(c3cccc(Cl)c3)C(=O)C2=O)c1. The Bertz CT molecular complexity index is 893. The molecule has 0 spiro atoms. The van der Waals surface area contributed by atoms with Crippen LogP contribution in [0.1, 0.15) is 11.1 Å². The zero-order valence-electron chi connectivity index (χ0n) is 15.2. The van der Waals surface area contributed by atoms with E-state index in [2.05, 4.69) is 5.32 Å². The molecule has 0 atom stereocenters. The van der Waals surface area contributed by atoms with Crippen LogP contribution in [0.4, 0.5) is 11.4 Å². The van der Waals surface area contributed by atoms with Gasteiger partial charge in [0, 0.05) is 29.5 Å². The molecule has 3 rings (SSSR count). The predicted molar refractivity (Wildman–Crippen MR) is 105 cm³/mol. The van der Waals surface area contributed by atoms with Gasteiger partial charge in [-0.25, -0.2) is 0 Å². The number of amides is 3. The van der Waals surface area contributed by atoms with Crippen LogP contribution >= 0.6 is 11.6 Å². The molecule has 0 aliphatic carbocycles.